The largest absolute Gasteiger partial charge is 0.503 e. The molecule has 0 saturated heterocycles. The summed E-state index contributed by atoms with van der Waals surface area (Å²) in [6.45, 7) is 3.16. The first-order valence-electron chi connectivity index (χ1n) is 4.39. The highest BCUT2D eigenvalue weighted by atomic mass is 16.3. The van der Waals surface area contributed by atoms with Gasteiger partial charge in [0.15, 0.2) is 5.76 Å². The average Bonchev–Trinajstić information content (AvgIpc) is 2.06. The lowest BCUT2D eigenvalue weighted by molar-refractivity contribution is -0.120. The van der Waals surface area contributed by atoms with Crippen molar-refractivity contribution in [2.45, 2.75) is 38.1 Å². The van der Waals surface area contributed by atoms with Gasteiger partial charge in [-0.2, -0.15) is 0 Å². The van der Waals surface area contributed by atoms with Crippen molar-refractivity contribution in [2.24, 2.45) is 0 Å². The number of carbonyl (C=O) groups excluding carboxylic acids is 1. The van der Waals surface area contributed by atoms with E-state index in [2.05, 4.69) is 11.9 Å². The molecule has 0 aromatic carbocycles. The van der Waals surface area contributed by atoms with E-state index in [1.807, 2.05) is 0 Å². The third-order valence-electron chi connectivity index (χ3n) is 2.20. The Hall–Kier alpha value is -0.990. The molecule has 0 radical (unpaired) electrons. The number of nitrogens with one attached hydrogen (secondary N) is 1. The van der Waals surface area contributed by atoms with Gasteiger partial charge in [-0.15, -0.1) is 0 Å². The molecule has 0 atom stereocenters. The minimum Gasteiger partial charge on any atom is -0.503 e. The molecule has 0 heterocycles. The summed E-state index contributed by atoms with van der Waals surface area (Å²) in [6.07, 6.45) is 5.65. The zero-order valence-corrected chi connectivity index (χ0v) is 7.18. The van der Waals surface area contributed by atoms with Crippen LogP contribution >= 0.6 is 0 Å². The van der Waals surface area contributed by atoms with Gasteiger partial charge in [-0.05, 0) is 12.8 Å². The van der Waals surface area contributed by atoms with Crippen LogP contribution in [0.1, 0.15) is 32.1 Å². The maximum Gasteiger partial charge on any atom is 0.285 e. The third kappa shape index (κ3) is 2.57. The second-order valence-corrected chi connectivity index (χ2v) is 3.26. The van der Waals surface area contributed by atoms with Crippen molar-refractivity contribution < 1.29 is 9.90 Å². The summed E-state index contributed by atoms with van der Waals surface area (Å²) in [7, 11) is 0. The minimum atomic E-state index is -0.429. The summed E-state index contributed by atoms with van der Waals surface area (Å²) in [5.74, 6) is -0.817. The van der Waals surface area contributed by atoms with Crippen LogP contribution in [0.15, 0.2) is 12.3 Å². The van der Waals surface area contributed by atoms with Crippen molar-refractivity contribution in [1.82, 2.24) is 5.32 Å². The van der Waals surface area contributed by atoms with Gasteiger partial charge in [-0.25, -0.2) is 0 Å². The summed E-state index contributed by atoms with van der Waals surface area (Å²) in [4.78, 5) is 11.0. The molecule has 68 valence electrons. The predicted molar refractivity (Wildman–Crippen MR) is 46.8 cm³/mol. The van der Waals surface area contributed by atoms with E-state index < -0.39 is 5.91 Å². The van der Waals surface area contributed by atoms with Gasteiger partial charge in [0, 0.05) is 6.04 Å². The van der Waals surface area contributed by atoms with E-state index in [9.17, 15) is 4.79 Å². The van der Waals surface area contributed by atoms with Crippen LogP contribution < -0.4 is 5.32 Å². The van der Waals surface area contributed by atoms with Gasteiger partial charge < -0.3 is 10.4 Å². The van der Waals surface area contributed by atoms with Crippen LogP contribution in [0, 0.1) is 0 Å². The van der Waals surface area contributed by atoms with Crippen molar-refractivity contribution in [2.75, 3.05) is 0 Å². The maximum atomic E-state index is 11.0. The third-order valence-corrected chi connectivity index (χ3v) is 2.20. The molecule has 12 heavy (non-hydrogen) atoms. The molecular formula is C9H15NO2. The van der Waals surface area contributed by atoms with Gasteiger partial charge in [-0.3, -0.25) is 4.79 Å². The standard InChI is InChI=1S/C9H15NO2/c1-7(11)9(12)10-8-5-3-2-4-6-8/h8,11H,1-6H2,(H,10,12). The zero-order chi connectivity index (χ0) is 8.97. The molecule has 1 amide bonds. The molecule has 3 nitrogen and oxygen atoms in total. The number of hydrogen-bond donors (Lipinski definition) is 2. The molecule has 1 saturated carbocycles. The van der Waals surface area contributed by atoms with E-state index in [1.54, 1.807) is 0 Å². The van der Waals surface area contributed by atoms with Gasteiger partial charge >= 0.3 is 0 Å². The van der Waals surface area contributed by atoms with Crippen molar-refractivity contribution in [3.63, 3.8) is 0 Å². The van der Waals surface area contributed by atoms with Gasteiger partial charge in [0.25, 0.3) is 5.91 Å². The van der Waals surface area contributed by atoms with Crippen LogP contribution in [0.5, 0.6) is 0 Å². The Morgan fingerprint density at radius 2 is 1.92 bits per heavy atom. The molecule has 0 aliphatic heterocycles. The van der Waals surface area contributed by atoms with E-state index in [4.69, 9.17) is 5.11 Å². The molecule has 1 fully saturated rings. The fourth-order valence-corrected chi connectivity index (χ4v) is 1.52. The van der Waals surface area contributed by atoms with Crippen LogP contribution in [-0.2, 0) is 4.79 Å². The molecule has 0 bridgehead atoms. The Morgan fingerprint density at radius 1 is 1.33 bits per heavy atom. The van der Waals surface area contributed by atoms with Crippen LogP contribution in [0.25, 0.3) is 0 Å². The maximum absolute atomic E-state index is 11.0. The fraction of sp³-hybridized carbons (Fsp3) is 0.667. The Bertz CT molecular complexity index is 183. The quantitative estimate of drug-likeness (QED) is 0.486. The molecule has 1 aliphatic carbocycles. The molecule has 3 heteroatoms. The molecule has 2 N–H and O–H groups in total. The molecule has 1 aliphatic rings. The molecule has 0 aromatic rings. The first-order valence-corrected chi connectivity index (χ1v) is 4.39. The average molecular weight is 169 g/mol. The van der Waals surface area contributed by atoms with E-state index >= 15 is 0 Å². The highest BCUT2D eigenvalue weighted by Crippen LogP contribution is 2.17. The van der Waals surface area contributed by atoms with E-state index in [0.29, 0.717) is 0 Å². The van der Waals surface area contributed by atoms with Crippen LogP contribution in [0.2, 0.25) is 0 Å². The first kappa shape index (κ1) is 9.10. The van der Waals surface area contributed by atoms with Crippen molar-refractivity contribution in [3.8, 4) is 0 Å². The summed E-state index contributed by atoms with van der Waals surface area (Å²) in [5.41, 5.74) is 0. The van der Waals surface area contributed by atoms with Crippen LogP contribution in [-0.4, -0.2) is 17.1 Å². The summed E-state index contributed by atoms with van der Waals surface area (Å²) in [6, 6.07) is 0.246. The smallest absolute Gasteiger partial charge is 0.285 e. The Kier molecular flexibility index (Phi) is 3.14. The lowest BCUT2D eigenvalue weighted by atomic mass is 9.95. The SMILES string of the molecule is C=C(O)C(=O)NC1CCCCC1. The second kappa shape index (κ2) is 4.14. The van der Waals surface area contributed by atoms with E-state index in [1.165, 1.54) is 19.3 Å². The number of aliphatic hydroxyl groups excluding tert-OH is 1. The number of carbonyl (C=O) groups is 1. The Morgan fingerprint density at radius 3 is 2.42 bits per heavy atom. The molecule has 1 rings (SSSR count). The molecule has 0 unspecified atom stereocenters. The van der Waals surface area contributed by atoms with Gasteiger partial charge in [0.2, 0.25) is 0 Å². The number of rotatable bonds is 2. The minimum absolute atomic E-state index is 0.246. The van der Waals surface area contributed by atoms with Crippen molar-refractivity contribution >= 4 is 5.91 Å². The zero-order valence-electron chi connectivity index (χ0n) is 7.18. The second-order valence-electron chi connectivity index (χ2n) is 3.26. The first-order chi connectivity index (χ1) is 5.70. The summed E-state index contributed by atoms with van der Waals surface area (Å²) < 4.78 is 0. The monoisotopic (exact) mass is 169 g/mol. The topological polar surface area (TPSA) is 49.3 Å². The lowest BCUT2D eigenvalue weighted by Gasteiger charge is -2.22. The summed E-state index contributed by atoms with van der Waals surface area (Å²) in [5, 5.41) is 11.5. The van der Waals surface area contributed by atoms with Crippen LogP contribution in [0.3, 0.4) is 0 Å². The number of aliphatic hydroxyl groups is 1. The van der Waals surface area contributed by atoms with Gasteiger partial charge in [0.1, 0.15) is 0 Å². The molecule has 0 spiro atoms. The van der Waals surface area contributed by atoms with Crippen molar-refractivity contribution in [3.05, 3.63) is 12.3 Å². The normalized spacial score (nSPS) is 18.7. The lowest BCUT2D eigenvalue weighted by Crippen LogP contribution is -2.36. The highest BCUT2D eigenvalue weighted by Gasteiger charge is 2.16. The van der Waals surface area contributed by atoms with Crippen molar-refractivity contribution in [1.29, 1.82) is 0 Å². The number of hydrogen-bond acceptors (Lipinski definition) is 2. The Balaban J connectivity index is 2.29. The highest BCUT2D eigenvalue weighted by molar-refractivity contribution is 5.90. The van der Waals surface area contributed by atoms with E-state index in [-0.39, 0.29) is 11.8 Å². The summed E-state index contributed by atoms with van der Waals surface area (Å²) >= 11 is 0. The van der Waals surface area contributed by atoms with E-state index in [0.717, 1.165) is 12.8 Å². The molecular weight excluding hydrogens is 154 g/mol. The van der Waals surface area contributed by atoms with Gasteiger partial charge in [-0.1, -0.05) is 25.8 Å². The fourth-order valence-electron chi connectivity index (χ4n) is 1.52. The number of amides is 1. The molecule has 0 aromatic heterocycles. The van der Waals surface area contributed by atoms with Crippen LogP contribution in [0.4, 0.5) is 0 Å². The Labute approximate surface area is 72.5 Å². The van der Waals surface area contributed by atoms with Gasteiger partial charge in [0.05, 0.1) is 0 Å². The predicted octanol–water partition coefficient (Wildman–Crippen LogP) is 1.51.